The number of rotatable bonds is 7. The summed E-state index contributed by atoms with van der Waals surface area (Å²) >= 11 is 0. The predicted octanol–water partition coefficient (Wildman–Crippen LogP) is 0.234. The van der Waals surface area contributed by atoms with E-state index >= 15 is 0 Å². The Morgan fingerprint density at radius 2 is 1.95 bits per heavy atom. The van der Waals surface area contributed by atoms with Crippen molar-refractivity contribution in [1.82, 2.24) is 15.0 Å². The van der Waals surface area contributed by atoms with Crippen LogP contribution in [-0.2, 0) is 4.79 Å². The van der Waals surface area contributed by atoms with Crippen LogP contribution in [0.25, 0.3) is 0 Å². The van der Waals surface area contributed by atoms with Crippen molar-refractivity contribution in [3.8, 4) is 6.01 Å². The Labute approximate surface area is 112 Å². The molecule has 1 aromatic heterocycles. The predicted molar refractivity (Wildman–Crippen MR) is 72.0 cm³/mol. The Morgan fingerprint density at radius 1 is 1.32 bits per heavy atom. The van der Waals surface area contributed by atoms with Crippen LogP contribution in [0.1, 0.15) is 20.8 Å². The largest absolute Gasteiger partial charge is 0.467 e. The van der Waals surface area contributed by atoms with Crippen LogP contribution in [-0.4, -0.2) is 40.6 Å². The highest BCUT2D eigenvalue weighted by atomic mass is 16.5. The van der Waals surface area contributed by atoms with Gasteiger partial charge in [-0.2, -0.15) is 15.0 Å². The number of nitrogens with one attached hydrogen (secondary N) is 2. The minimum absolute atomic E-state index is 0.0165. The summed E-state index contributed by atoms with van der Waals surface area (Å²) in [5.74, 6) is 0.186. The third-order valence-corrected chi connectivity index (χ3v) is 2.39. The van der Waals surface area contributed by atoms with E-state index in [9.17, 15) is 4.79 Å². The van der Waals surface area contributed by atoms with E-state index in [1.165, 1.54) is 7.11 Å². The molecule has 1 amide bonds. The molecule has 106 valence electrons. The molecule has 1 atom stereocenters. The highest BCUT2D eigenvalue weighted by Gasteiger charge is 2.21. The molecule has 0 aliphatic carbocycles. The van der Waals surface area contributed by atoms with Gasteiger partial charge in [0, 0.05) is 6.54 Å². The molecule has 0 aliphatic rings. The molecule has 0 saturated carbocycles. The van der Waals surface area contributed by atoms with E-state index in [-0.39, 0.29) is 17.9 Å². The van der Waals surface area contributed by atoms with Gasteiger partial charge in [-0.1, -0.05) is 13.8 Å². The zero-order chi connectivity index (χ0) is 14.4. The van der Waals surface area contributed by atoms with Crippen molar-refractivity contribution in [1.29, 1.82) is 0 Å². The van der Waals surface area contributed by atoms with Gasteiger partial charge in [0.2, 0.25) is 17.8 Å². The van der Waals surface area contributed by atoms with E-state index < -0.39 is 11.9 Å². The van der Waals surface area contributed by atoms with Crippen molar-refractivity contribution in [2.24, 2.45) is 11.7 Å². The number of methoxy groups -OCH3 is 1. The van der Waals surface area contributed by atoms with E-state index in [2.05, 4.69) is 25.6 Å². The average molecular weight is 268 g/mol. The number of aromatic nitrogens is 3. The van der Waals surface area contributed by atoms with Crippen molar-refractivity contribution in [2.75, 3.05) is 24.3 Å². The zero-order valence-electron chi connectivity index (χ0n) is 11.6. The molecular weight excluding hydrogens is 248 g/mol. The lowest BCUT2D eigenvalue weighted by atomic mass is 10.0. The Morgan fingerprint density at radius 3 is 2.42 bits per heavy atom. The highest BCUT2D eigenvalue weighted by Crippen LogP contribution is 2.13. The fourth-order valence-electron chi connectivity index (χ4n) is 1.45. The summed E-state index contributed by atoms with van der Waals surface area (Å²) in [5.41, 5.74) is 5.33. The maximum Gasteiger partial charge on any atom is 0.322 e. The monoisotopic (exact) mass is 268 g/mol. The minimum atomic E-state index is -0.554. The lowest BCUT2D eigenvalue weighted by Gasteiger charge is -2.19. The SMILES string of the molecule is CCNc1nc(NC(C(N)=O)C(C)C)nc(OC)n1. The third kappa shape index (κ3) is 4.23. The van der Waals surface area contributed by atoms with Crippen LogP contribution in [0.4, 0.5) is 11.9 Å². The molecule has 1 heterocycles. The van der Waals surface area contributed by atoms with Gasteiger partial charge in [0.15, 0.2) is 0 Å². The lowest BCUT2D eigenvalue weighted by Crippen LogP contribution is -2.40. The van der Waals surface area contributed by atoms with Gasteiger partial charge in [-0.3, -0.25) is 4.79 Å². The van der Waals surface area contributed by atoms with Gasteiger partial charge in [-0.15, -0.1) is 0 Å². The van der Waals surface area contributed by atoms with Crippen molar-refractivity contribution in [2.45, 2.75) is 26.8 Å². The Kier molecular flexibility index (Phi) is 5.28. The minimum Gasteiger partial charge on any atom is -0.467 e. The molecule has 0 bridgehead atoms. The molecule has 0 saturated heterocycles. The van der Waals surface area contributed by atoms with E-state index in [1.54, 1.807) is 0 Å². The van der Waals surface area contributed by atoms with Gasteiger partial charge < -0.3 is 21.1 Å². The fraction of sp³-hybridized carbons (Fsp3) is 0.636. The highest BCUT2D eigenvalue weighted by molar-refractivity contribution is 5.82. The van der Waals surface area contributed by atoms with Crippen molar-refractivity contribution in [3.05, 3.63) is 0 Å². The van der Waals surface area contributed by atoms with Crippen LogP contribution in [0.5, 0.6) is 6.01 Å². The second-order valence-corrected chi connectivity index (χ2v) is 4.27. The van der Waals surface area contributed by atoms with Crippen LogP contribution in [0.3, 0.4) is 0 Å². The summed E-state index contributed by atoms with van der Waals surface area (Å²) in [6.07, 6.45) is 0. The first-order valence-electron chi connectivity index (χ1n) is 6.07. The number of carbonyl (C=O) groups excluding carboxylic acids is 1. The van der Waals surface area contributed by atoms with E-state index in [1.807, 2.05) is 20.8 Å². The topological polar surface area (TPSA) is 115 Å². The van der Waals surface area contributed by atoms with Gasteiger partial charge in [-0.25, -0.2) is 0 Å². The van der Waals surface area contributed by atoms with Crippen molar-refractivity contribution in [3.63, 3.8) is 0 Å². The standard InChI is InChI=1S/C11H20N6O2/c1-5-13-9-15-10(17-11(16-9)19-4)14-7(6(2)3)8(12)18/h6-7H,5H2,1-4H3,(H2,12,18)(H2,13,14,15,16,17). The number of nitrogens with two attached hydrogens (primary N) is 1. The summed E-state index contributed by atoms with van der Waals surface area (Å²) < 4.78 is 4.99. The molecular formula is C11H20N6O2. The normalized spacial score (nSPS) is 12.1. The first kappa shape index (κ1) is 14.9. The van der Waals surface area contributed by atoms with Gasteiger partial charge >= 0.3 is 6.01 Å². The molecule has 0 aliphatic heterocycles. The molecule has 0 radical (unpaired) electrons. The van der Waals surface area contributed by atoms with Gasteiger partial charge in [0.1, 0.15) is 6.04 Å². The average Bonchev–Trinajstić information content (AvgIpc) is 2.35. The summed E-state index contributed by atoms with van der Waals surface area (Å²) in [5, 5.41) is 5.85. The zero-order valence-corrected chi connectivity index (χ0v) is 11.6. The molecule has 1 unspecified atom stereocenters. The summed E-state index contributed by atoms with van der Waals surface area (Å²) in [4.78, 5) is 23.6. The molecule has 8 nitrogen and oxygen atoms in total. The number of hydrogen-bond donors (Lipinski definition) is 3. The van der Waals surface area contributed by atoms with E-state index in [0.29, 0.717) is 12.5 Å². The summed E-state index contributed by atoms with van der Waals surface area (Å²) in [6.45, 7) is 6.35. The number of amides is 1. The summed E-state index contributed by atoms with van der Waals surface area (Å²) in [6, 6.07) is -0.387. The van der Waals surface area contributed by atoms with Crippen molar-refractivity contribution >= 4 is 17.8 Å². The van der Waals surface area contributed by atoms with Crippen LogP contribution >= 0.6 is 0 Å². The van der Waals surface area contributed by atoms with Crippen LogP contribution < -0.4 is 21.1 Å². The molecule has 4 N–H and O–H groups in total. The second kappa shape index (κ2) is 6.72. The van der Waals surface area contributed by atoms with Crippen molar-refractivity contribution < 1.29 is 9.53 Å². The van der Waals surface area contributed by atoms with Gasteiger partial charge in [0.05, 0.1) is 7.11 Å². The molecule has 1 rings (SSSR count). The lowest BCUT2D eigenvalue weighted by molar-refractivity contribution is -0.119. The Hall–Kier alpha value is -2.12. The number of nitrogens with zero attached hydrogens (tertiary/aromatic N) is 3. The maximum absolute atomic E-state index is 11.4. The number of anilines is 2. The molecule has 0 spiro atoms. The Balaban J connectivity index is 2.98. The first-order valence-corrected chi connectivity index (χ1v) is 6.07. The maximum atomic E-state index is 11.4. The van der Waals surface area contributed by atoms with Crippen LogP contribution in [0.15, 0.2) is 0 Å². The first-order chi connectivity index (χ1) is 8.97. The number of carbonyl (C=O) groups is 1. The molecule has 0 fully saturated rings. The number of hydrogen-bond acceptors (Lipinski definition) is 7. The smallest absolute Gasteiger partial charge is 0.322 e. The molecule has 8 heteroatoms. The van der Waals surface area contributed by atoms with Gasteiger partial charge in [0.25, 0.3) is 0 Å². The van der Waals surface area contributed by atoms with Crippen LogP contribution in [0, 0.1) is 5.92 Å². The molecule has 1 aromatic rings. The third-order valence-electron chi connectivity index (χ3n) is 2.39. The molecule has 19 heavy (non-hydrogen) atoms. The summed E-state index contributed by atoms with van der Waals surface area (Å²) in [7, 11) is 1.46. The number of ether oxygens (including phenoxy) is 1. The van der Waals surface area contributed by atoms with Gasteiger partial charge in [-0.05, 0) is 12.8 Å². The van der Waals surface area contributed by atoms with E-state index in [4.69, 9.17) is 10.5 Å². The fourth-order valence-corrected chi connectivity index (χ4v) is 1.45. The van der Waals surface area contributed by atoms with E-state index in [0.717, 1.165) is 0 Å². The Bertz CT molecular complexity index is 437. The van der Waals surface area contributed by atoms with Crippen LogP contribution in [0.2, 0.25) is 0 Å². The molecule has 0 aromatic carbocycles. The second-order valence-electron chi connectivity index (χ2n) is 4.27. The number of primary amides is 1. The quantitative estimate of drug-likeness (QED) is 0.648.